The van der Waals surface area contributed by atoms with Crippen LogP contribution in [-0.2, 0) is 13.1 Å². The Balaban J connectivity index is 1.45. The van der Waals surface area contributed by atoms with Gasteiger partial charge in [0.15, 0.2) is 11.5 Å². The fraction of sp³-hybridized carbons (Fsp3) is 0.278. The highest BCUT2D eigenvalue weighted by Gasteiger charge is 2.17. The highest BCUT2D eigenvalue weighted by atomic mass is 16.5. The van der Waals surface area contributed by atoms with Crippen LogP contribution in [0.5, 0.6) is 0 Å². The van der Waals surface area contributed by atoms with E-state index < -0.39 is 0 Å². The summed E-state index contributed by atoms with van der Waals surface area (Å²) in [6.07, 6.45) is 3.06. The molecule has 1 N–H and O–H groups in total. The number of carbonyl (C=O) groups excluding carboxylic acids is 1. The number of aromatic nitrogens is 6. The highest BCUT2D eigenvalue weighted by molar-refractivity contribution is 5.92. The van der Waals surface area contributed by atoms with Gasteiger partial charge in [-0.3, -0.25) is 9.48 Å². The zero-order valence-corrected chi connectivity index (χ0v) is 15.0. The van der Waals surface area contributed by atoms with Crippen LogP contribution in [0.4, 0.5) is 0 Å². The van der Waals surface area contributed by atoms with Crippen LogP contribution >= 0.6 is 0 Å². The van der Waals surface area contributed by atoms with Crippen LogP contribution in [-0.4, -0.2) is 41.4 Å². The van der Waals surface area contributed by atoms with Crippen LogP contribution in [0.25, 0.3) is 11.0 Å². The average molecular weight is 365 g/mol. The average Bonchev–Trinajstić information content (AvgIpc) is 3.37. The van der Waals surface area contributed by atoms with E-state index in [1.807, 2.05) is 42.7 Å². The Labute approximate surface area is 155 Å². The van der Waals surface area contributed by atoms with E-state index in [1.54, 1.807) is 17.1 Å². The van der Waals surface area contributed by atoms with Crippen molar-refractivity contribution in [1.82, 2.24) is 34.8 Å². The number of amides is 1. The number of para-hydroxylation sites is 2. The largest absolute Gasteiger partial charge is 0.359 e. The number of benzene rings is 1. The summed E-state index contributed by atoms with van der Waals surface area (Å²) in [4.78, 5) is 20.8. The summed E-state index contributed by atoms with van der Waals surface area (Å²) in [7, 11) is 0. The quantitative estimate of drug-likeness (QED) is 0.559. The first-order valence-electron chi connectivity index (χ1n) is 8.61. The number of hydrogen-bond acceptors (Lipinski definition) is 6. The molecule has 0 bridgehead atoms. The molecule has 1 aromatic carbocycles. The van der Waals surface area contributed by atoms with Gasteiger partial charge in [0.2, 0.25) is 0 Å². The Morgan fingerprint density at radius 2 is 2.19 bits per heavy atom. The number of nitrogens with one attached hydrogen (secondary N) is 1. The van der Waals surface area contributed by atoms with Gasteiger partial charge in [0.05, 0.1) is 24.1 Å². The second-order valence-electron chi connectivity index (χ2n) is 6.40. The van der Waals surface area contributed by atoms with Gasteiger partial charge in [-0.2, -0.15) is 5.10 Å². The lowest BCUT2D eigenvalue weighted by Gasteiger charge is -2.12. The number of aryl methyl sites for hydroxylation is 1. The van der Waals surface area contributed by atoms with Crippen LogP contribution in [0.15, 0.2) is 47.5 Å². The molecule has 0 fully saturated rings. The molecule has 1 atom stereocenters. The van der Waals surface area contributed by atoms with Gasteiger partial charge >= 0.3 is 0 Å². The number of nitrogens with zero attached hydrogens (tertiary/aromatic N) is 6. The summed E-state index contributed by atoms with van der Waals surface area (Å²) in [5, 5.41) is 10.8. The highest BCUT2D eigenvalue weighted by Crippen LogP contribution is 2.17. The second kappa shape index (κ2) is 7.02. The molecule has 0 aliphatic heterocycles. The molecule has 0 aliphatic carbocycles. The van der Waals surface area contributed by atoms with Crippen LogP contribution in [0.3, 0.4) is 0 Å². The van der Waals surface area contributed by atoms with E-state index in [2.05, 4.69) is 25.5 Å². The molecule has 3 aromatic heterocycles. The van der Waals surface area contributed by atoms with E-state index in [-0.39, 0.29) is 17.6 Å². The Morgan fingerprint density at radius 3 is 3.00 bits per heavy atom. The van der Waals surface area contributed by atoms with Gasteiger partial charge in [0, 0.05) is 12.1 Å². The van der Waals surface area contributed by atoms with E-state index in [9.17, 15) is 4.79 Å². The Kier molecular flexibility index (Phi) is 4.41. The number of fused-ring (bicyclic) bond motifs is 1. The zero-order chi connectivity index (χ0) is 18.8. The molecule has 0 saturated heterocycles. The Hall–Kier alpha value is -3.49. The summed E-state index contributed by atoms with van der Waals surface area (Å²) >= 11 is 0. The standard InChI is InChI=1S/C18H19N7O2/c1-12(8-24-11-19-10-20-24)21-18(26)16-7-14(27-23-16)9-25-13(2)22-15-5-3-4-6-17(15)25/h3-7,10-12H,8-9H2,1-2H3,(H,21,26)/t12-/m0/s1. The molecule has 27 heavy (non-hydrogen) atoms. The molecule has 4 rings (SSSR count). The van der Waals surface area contributed by atoms with E-state index in [0.717, 1.165) is 16.9 Å². The molecule has 138 valence electrons. The summed E-state index contributed by atoms with van der Waals surface area (Å²) in [6.45, 7) is 4.81. The van der Waals surface area contributed by atoms with Crippen molar-refractivity contribution in [3.8, 4) is 0 Å². The van der Waals surface area contributed by atoms with Crippen LogP contribution < -0.4 is 5.32 Å². The maximum absolute atomic E-state index is 12.4. The normalized spacial score (nSPS) is 12.4. The molecule has 0 aliphatic rings. The van der Waals surface area contributed by atoms with Crippen molar-refractivity contribution in [3.63, 3.8) is 0 Å². The van der Waals surface area contributed by atoms with Gasteiger partial charge in [0.25, 0.3) is 5.91 Å². The third-order valence-electron chi connectivity index (χ3n) is 4.26. The molecule has 0 spiro atoms. The van der Waals surface area contributed by atoms with E-state index in [0.29, 0.717) is 18.8 Å². The first-order valence-corrected chi connectivity index (χ1v) is 8.61. The minimum atomic E-state index is -0.287. The lowest BCUT2D eigenvalue weighted by atomic mass is 10.3. The zero-order valence-electron chi connectivity index (χ0n) is 15.0. The van der Waals surface area contributed by atoms with Crippen molar-refractivity contribution in [1.29, 1.82) is 0 Å². The molecular formula is C18H19N7O2. The van der Waals surface area contributed by atoms with Gasteiger partial charge in [-0.15, -0.1) is 0 Å². The van der Waals surface area contributed by atoms with E-state index >= 15 is 0 Å². The predicted molar refractivity (Wildman–Crippen MR) is 97.0 cm³/mol. The summed E-state index contributed by atoms with van der Waals surface area (Å²) in [6, 6.07) is 9.43. The monoisotopic (exact) mass is 365 g/mol. The summed E-state index contributed by atoms with van der Waals surface area (Å²) < 4.78 is 9.05. The fourth-order valence-electron chi connectivity index (χ4n) is 3.00. The molecule has 9 heteroatoms. The molecule has 9 nitrogen and oxygen atoms in total. The van der Waals surface area contributed by atoms with Crippen LogP contribution in [0.2, 0.25) is 0 Å². The lowest BCUT2D eigenvalue weighted by Crippen LogP contribution is -2.36. The van der Waals surface area contributed by atoms with Crippen molar-refractivity contribution in [2.75, 3.05) is 0 Å². The first kappa shape index (κ1) is 17.0. The van der Waals surface area contributed by atoms with Crippen molar-refractivity contribution < 1.29 is 9.32 Å². The number of rotatable bonds is 6. The predicted octanol–water partition coefficient (Wildman–Crippen LogP) is 1.79. The Morgan fingerprint density at radius 1 is 1.33 bits per heavy atom. The third-order valence-corrected chi connectivity index (χ3v) is 4.26. The molecular weight excluding hydrogens is 346 g/mol. The van der Waals surface area contributed by atoms with Gasteiger partial charge in [0.1, 0.15) is 18.5 Å². The number of imidazole rings is 1. The minimum absolute atomic E-state index is 0.126. The first-order chi connectivity index (χ1) is 13.1. The van der Waals surface area contributed by atoms with E-state index in [1.165, 1.54) is 6.33 Å². The molecule has 1 amide bonds. The van der Waals surface area contributed by atoms with Crippen molar-refractivity contribution in [3.05, 3.63) is 60.3 Å². The molecule has 0 unspecified atom stereocenters. The lowest BCUT2D eigenvalue weighted by molar-refractivity contribution is 0.0926. The van der Waals surface area contributed by atoms with Gasteiger partial charge in [-0.05, 0) is 26.0 Å². The topological polar surface area (TPSA) is 104 Å². The maximum atomic E-state index is 12.4. The van der Waals surface area contributed by atoms with Crippen LogP contribution in [0.1, 0.15) is 29.0 Å². The smallest absolute Gasteiger partial charge is 0.273 e. The minimum Gasteiger partial charge on any atom is -0.359 e. The Bertz CT molecular complexity index is 1060. The third kappa shape index (κ3) is 3.57. The molecule has 4 aromatic rings. The second-order valence-corrected chi connectivity index (χ2v) is 6.40. The van der Waals surface area contributed by atoms with Gasteiger partial charge < -0.3 is 14.4 Å². The summed E-state index contributed by atoms with van der Waals surface area (Å²) in [5.74, 6) is 1.18. The SMILES string of the molecule is Cc1nc2ccccc2n1Cc1cc(C(=O)N[C@@H](C)Cn2cncn2)no1. The fourth-order valence-corrected chi connectivity index (χ4v) is 3.00. The molecule has 0 radical (unpaired) electrons. The van der Waals surface area contributed by atoms with Gasteiger partial charge in [-0.25, -0.2) is 9.97 Å². The summed E-state index contributed by atoms with van der Waals surface area (Å²) in [5.41, 5.74) is 2.19. The van der Waals surface area contributed by atoms with Crippen LogP contribution in [0, 0.1) is 6.92 Å². The van der Waals surface area contributed by atoms with Crippen molar-refractivity contribution in [2.45, 2.75) is 33.0 Å². The van der Waals surface area contributed by atoms with Crippen molar-refractivity contribution in [2.24, 2.45) is 0 Å². The van der Waals surface area contributed by atoms with Crippen molar-refractivity contribution >= 4 is 16.9 Å². The van der Waals surface area contributed by atoms with E-state index in [4.69, 9.17) is 4.52 Å². The molecule has 3 heterocycles. The number of carbonyl (C=O) groups is 1. The maximum Gasteiger partial charge on any atom is 0.273 e. The number of hydrogen-bond donors (Lipinski definition) is 1. The van der Waals surface area contributed by atoms with Gasteiger partial charge in [-0.1, -0.05) is 17.3 Å². The molecule has 0 saturated carbocycles.